The molecule has 0 amide bonds. The molecule has 0 atom stereocenters. The minimum Gasteiger partial charge on any atom is -0.379 e. The SMILES string of the molecule is Brc1cn(-c2ccc(CN3CCOCC3)cc2)cn1. The molecule has 5 heteroatoms. The fraction of sp³-hybridized carbons (Fsp3) is 0.357. The third kappa shape index (κ3) is 3.23. The van der Waals surface area contributed by atoms with E-state index in [0.29, 0.717) is 0 Å². The average molecular weight is 322 g/mol. The number of morpholine rings is 1. The maximum Gasteiger partial charge on any atom is 0.124 e. The van der Waals surface area contributed by atoms with Crippen LogP contribution in [0.2, 0.25) is 0 Å². The van der Waals surface area contributed by atoms with Gasteiger partial charge in [0.1, 0.15) is 10.9 Å². The predicted molar refractivity (Wildman–Crippen MR) is 77.4 cm³/mol. The van der Waals surface area contributed by atoms with E-state index in [2.05, 4.69) is 50.1 Å². The fourth-order valence-corrected chi connectivity index (χ4v) is 2.54. The lowest BCUT2D eigenvalue weighted by molar-refractivity contribution is 0.0342. The fourth-order valence-electron chi connectivity index (χ4n) is 2.23. The highest BCUT2D eigenvalue weighted by Gasteiger charge is 2.10. The summed E-state index contributed by atoms with van der Waals surface area (Å²) in [5.41, 5.74) is 2.47. The van der Waals surface area contributed by atoms with Gasteiger partial charge in [-0.05, 0) is 33.6 Å². The number of imidazole rings is 1. The topological polar surface area (TPSA) is 30.3 Å². The molecule has 2 heterocycles. The molecule has 0 unspecified atom stereocenters. The number of benzene rings is 1. The molecule has 0 spiro atoms. The van der Waals surface area contributed by atoms with E-state index in [0.717, 1.165) is 43.1 Å². The Hall–Kier alpha value is -1.17. The predicted octanol–water partition coefficient (Wildman–Crippen LogP) is 2.47. The monoisotopic (exact) mass is 321 g/mol. The van der Waals surface area contributed by atoms with Crippen LogP contribution in [0.25, 0.3) is 5.69 Å². The van der Waals surface area contributed by atoms with Crippen molar-refractivity contribution in [2.75, 3.05) is 26.3 Å². The molecular weight excluding hydrogens is 306 g/mol. The lowest BCUT2D eigenvalue weighted by Gasteiger charge is -2.26. The highest BCUT2D eigenvalue weighted by atomic mass is 79.9. The van der Waals surface area contributed by atoms with Gasteiger partial charge in [-0.3, -0.25) is 4.90 Å². The van der Waals surface area contributed by atoms with Crippen molar-refractivity contribution >= 4 is 15.9 Å². The zero-order valence-electron chi connectivity index (χ0n) is 10.6. The Bertz CT molecular complexity index is 532. The summed E-state index contributed by atoms with van der Waals surface area (Å²) in [5.74, 6) is 0. The molecule has 1 aromatic carbocycles. The Morgan fingerprint density at radius 2 is 1.89 bits per heavy atom. The second kappa shape index (κ2) is 5.86. The highest BCUT2D eigenvalue weighted by Crippen LogP contribution is 2.14. The number of aromatic nitrogens is 2. The Morgan fingerprint density at radius 3 is 2.53 bits per heavy atom. The lowest BCUT2D eigenvalue weighted by Crippen LogP contribution is -2.35. The van der Waals surface area contributed by atoms with Crippen molar-refractivity contribution in [3.8, 4) is 5.69 Å². The number of ether oxygens (including phenoxy) is 1. The van der Waals surface area contributed by atoms with E-state index >= 15 is 0 Å². The van der Waals surface area contributed by atoms with Crippen molar-refractivity contribution in [3.05, 3.63) is 47.0 Å². The van der Waals surface area contributed by atoms with Gasteiger partial charge in [0.05, 0.1) is 13.2 Å². The summed E-state index contributed by atoms with van der Waals surface area (Å²) in [4.78, 5) is 6.59. The third-order valence-electron chi connectivity index (χ3n) is 3.30. The third-order valence-corrected chi connectivity index (χ3v) is 3.70. The molecule has 1 aliphatic heterocycles. The number of hydrogen-bond acceptors (Lipinski definition) is 3. The van der Waals surface area contributed by atoms with Gasteiger partial charge in [-0.2, -0.15) is 0 Å². The minimum absolute atomic E-state index is 0.848. The van der Waals surface area contributed by atoms with Crippen molar-refractivity contribution in [2.24, 2.45) is 0 Å². The Labute approximate surface area is 121 Å². The summed E-state index contributed by atoms with van der Waals surface area (Å²) < 4.78 is 8.21. The zero-order valence-corrected chi connectivity index (χ0v) is 12.2. The van der Waals surface area contributed by atoms with Crippen LogP contribution in [0.4, 0.5) is 0 Å². The molecule has 0 N–H and O–H groups in total. The summed E-state index contributed by atoms with van der Waals surface area (Å²) in [6.07, 6.45) is 3.76. The molecule has 0 bridgehead atoms. The van der Waals surface area contributed by atoms with E-state index in [4.69, 9.17) is 4.74 Å². The first-order chi connectivity index (χ1) is 9.31. The largest absolute Gasteiger partial charge is 0.379 e. The van der Waals surface area contributed by atoms with Gasteiger partial charge in [-0.1, -0.05) is 12.1 Å². The van der Waals surface area contributed by atoms with Crippen molar-refractivity contribution in [1.82, 2.24) is 14.5 Å². The number of rotatable bonds is 3. The minimum atomic E-state index is 0.848. The molecule has 2 aromatic rings. The van der Waals surface area contributed by atoms with Gasteiger partial charge in [0.25, 0.3) is 0 Å². The molecule has 0 saturated carbocycles. The molecule has 19 heavy (non-hydrogen) atoms. The smallest absolute Gasteiger partial charge is 0.124 e. The van der Waals surface area contributed by atoms with E-state index in [1.165, 1.54) is 5.56 Å². The standard InChI is InChI=1S/C14H16BrN3O/c15-14-10-18(11-16-14)13-3-1-12(2-4-13)9-17-5-7-19-8-6-17/h1-4,10-11H,5-9H2. The van der Waals surface area contributed by atoms with Crippen molar-refractivity contribution < 1.29 is 4.74 Å². The van der Waals surface area contributed by atoms with Crippen molar-refractivity contribution in [2.45, 2.75) is 6.54 Å². The van der Waals surface area contributed by atoms with Crippen molar-refractivity contribution in [3.63, 3.8) is 0 Å². The van der Waals surface area contributed by atoms with Gasteiger partial charge in [0, 0.05) is 31.5 Å². The molecule has 4 nitrogen and oxygen atoms in total. The number of nitrogens with zero attached hydrogens (tertiary/aromatic N) is 3. The molecule has 1 fully saturated rings. The first-order valence-corrected chi connectivity index (χ1v) is 7.19. The summed E-state index contributed by atoms with van der Waals surface area (Å²) in [5, 5.41) is 0. The second-order valence-corrected chi connectivity index (χ2v) is 5.47. The van der Waals surface area contributed by atoms with Crippen molar-refractivity contribution in [1.29, 1.82) is 0 Å². The molecule has 100 valence electrons. The van der Waals surface area contributed by atoms with E-state index in [9.17, 15) is 0 Å². The molecule has 1 aliphatic rings. The molecule has 0 radical (unpaired) electrons. The molecular formula is C14H16BrN3O. The van der Waals surface area contributed by atoms with Crippen LogP contribution in [-0.2, 0) is 11.3 Å². The maximum atomic E-state index is 5.36. The van der Waals surface area contributed by atoms with Gasteiger partial charge >= 0.3 is 0 Å². The zero-order chi connectivity index (χ0) is 13.1. The molecule has 1 aromatic heterocycles. The van der Waals surface area contributed by atoms with Gasteiger partial charge in [-0.15, -0.1) is 0 Å². The van der Waals surface area contributed by atoms with Gasteiger partial charge in [0.2, 0.25) is 0 Å². The van der Waals surface area contributed by atoms with Crippen LogP contribution >= 0.6 is 15.9 Å². The van der Waals surface area contributed by atoms with Crippen LogP contribution in [0, 0.1) is 0 Å². The van der Waals surface area contributed by atoms with E-state index < -0.39 is 0 Å². The van der Waals surface area contributed by atoms with Gasteiger partial charge in [0.15, 0.2) is 0 Å². The van der Waals surface area contributed by atoms with Crippen LogP contribution in [-0.4, -0.2) is 40.8 Å². The first kappa shape index (κ1) is 12.8. The second-order valence-electron chi connectivity index (χ2n) is 4.66. The van der Waals surface area contributed by atoms with Crippen LogP contribution in [0.3, 0.4) is 0 Å². The van der Waals surface area contributed by atoms with Crippen LogP contribution in [0.5, 0.6) is 0 Å². The Kier molecular flexibility index (Phi) is 3.96. The first-order valence-electron chi connectivity index (χ1n) is 6.40. The number of halogens is 1. The highest BCUT2D eigenvalue weighted by molar-refractivity contribution is 9.10. The molecule has 3 rings (SSSR count). The van der Waals surface area contributed by atoms with E-state index in [1.807, 2.05) is 10.8 Å². The van der Waals surface area contributed by atoms with Gasteiger partial charge < -0.3 is 9.30 Å². The summed E-state index contributed by atoms with van der Waals surface area (Å²) in [6.45, 7) is 4.74. The quantitative estimate of drug-likeness (QED) is 0.870. The van der Waals surface area contributed by atoms with E-state index in [-0.39, 0.29) is 0 Å². The summed E-state index contributed by atoms with van der Waals surface area (Å²) in [7, 11) is 0. The maximum absolute atomic E-state index is 5.36. The normalized spacial score (nSPS) is 16.7. The average Bonchev–Trinajstić information content (AvgIpc) is 2.87. The molecule has 0 aliphatic carbocycles. The summed E-state index contributed by atoms with van der Waals surface area (Å²) in [6, 6.07) is 8.62. The molecule has 1 saturated heterocycles. The number of hydrogen-bond donors (Lipinski definition) is 0. The van der Waals surface area contributed by atoms with E-state index in [1.54, 1.807) is 6.33 Å². The van der Waals surface area contributed by atoms with Crippen LogP contribution in [0.15, 0.2) is 41.4 Å². The lowest BCUT2D eigenvalue weighted by atomic mass is 10.2. The van der Waals surface area contributed by atoms with Crippen LogP contribution in [0.1, 0.15) is 5.56 Å². The summed E-state index contributed by atoms with van der Waals surface area (Å²) >= 11 is 3.36. The Balaban J connectivity index is 1.68. The van der Waals surface area contributed by atoms with Gasteiger partial charge in [-0.25, -0.2) is 4.98 Å². The Morgan fingerprint density at radius 1 is 1.16 bits per heavy atom. The van der Waals surface area contributed by atoms with Crippen LogP contribution < -0.4 is 0 Å².